The molecule has 1 saturated heterocycles. The summed E-state index contributed by atoms with van der Waals surface area (Å²) in [5.41, 5.74) is 2.50. The van der Waals surface area contributed by atoms with Crippen molar-refractivity contribution < 1.29 is 14.0 Å². The number of hydrogen-bond acceptors (Lipinski definition) is 7. The summed E-state index contributed by atoms with van der Waals surface area (Å²) in [6, 6.07) is 13.1. The van der Waals surface area contributed by atoms with Gasteiger partial charge in [-0.15, -0.1) is 4.73 Å². The number of benzene rings is 1. The highest BCUT2D eigenvalue weighted by atomic mass is 35.5. The van der Waals surface area contributed by atoms with Crippen LogP contribution in [0.2, 0.25) is 5.02 Å². The molecule has 1 fully saturated rings. The van der Waals surface area contributed by atoms with Gasteiger partial charge < -0.3 is 9.57 Å². The summed E-state index contributed by atoms with van der Waals surface area (Å²) in [6.07, 6.45) is 4.87. The van der Waals surface area contributed by atoms with Gasteiger partial charge in [-0.2, -0.15) is 0 Å². The zero-order valence-corrected chi connectivity index (χ0v) is 20.4. The first kappa shape index (κ1) is 23.5. The number of aromatic nitrogens is 4. The molecule has 4 aromatic heterocycles. The van der Waals surface area contributed by atoms with Crippen molar-refractivity contribution in [3.05, 3.63) is 88.3 Å². The van der Waals surface area contributed by atoms with E-state index >= 15 is 0 Å². The number of pyridine rings is 4. The predicted octanol–water partition coefficient (Wildman–Crippen LogP) is 4.18. The van der Waals surface area contributed by atoms with Gasteiger partial charge >= 0.3 is 0 Å². The molecule has 0 spiro atoms. The van der Waals surface area contributed by atoms with Gasteiger partial charge in [-0.3, -0.25) is 14.7 Å². The molecule has 1 aliphatic rings. The summed E-state index contributed by atoms with van der Waals surface area (Å²) in [7, 11) is 0. The molecule has 10 heteroatoms. The molecule has 0 radical (unpaired) electrons. The minimum atomic E-state index is -0.459. The fourth-order valence-electron chi connectivity index (χ4n) is 4.49. The minimum Gasteiger partial charge on any atom is -0.394 e. The van der Waals surface area contributed by atoms with Gasteiger partial charge in [0.15, 0.2) is 12.4 Å². The van der Waals surface area contributed by atoms with Crippen LogP contribution in [0.4, 0.5) is 4.39 Å². The van der Waals surface area contributed by atoms with Crippen molar-refractivity contribution in [2.24, 2.45) is 0 Å². The third-order valence-electron chi connectivity index (χ3n) is 6.33. The average Bonchev–Trinajstić information content (AvgIpc) is 2.93. The van der Waals surface area contributed by atoms with Crippen molar-refractivity contribution >= 4 is 33.5 Å². The summed E-state index contributed by atoms with van der Waals surface area (Å²) in [4.78, 5) is 34.6. The van der Waals surface area contributed by atoms with Gasteiger partial charge in [0.25, 0.3) is 5.56 Å². The molecule has 0 atom stereocenters. The molecule has 8 nitrogen and oxygen atoms in total. The number of halogens is 2. The third-order valence-corrected chi connectivity index (χ3v) is 6.56. The Balaban J connectivity index is 1.53. The highest BCUT2D eigenvalue weighted by molar-refractivity contribution is 6.30. The normalized spacial score (nSPS) is 14.3. The number of morpholine rings is 1. The second-order valence-electron chi connectivity index (χ2n) is 8.63. The smallest absolute Gasteiger partial charge is 0.284 e. The Morgan fingerprint density at radius 3 is 2.70 bits per heavy atom. The number of nitrogens with zero attached hydrogens (tertiary/aromatic N) is 5. The van der Waals surface area contributed by atoms with Gasteiger partial charge in [-0.25, -0.2) is 14.4 Å². The maximum Gasteiger partial charge on any atom is 0.284 e. The summed E-state index contributed by atoms with van der Waals surface area (Å²) >= 11 is 6.16. The fraction of sp³-hybridized carbons (Fsp3) is 0.185. The van der Waals surface area contributed by atoms with Crippen molar-refractivity contribution in [3.63, 3.8) is 0 Å². The van der Waals surface area contributed by atoms with Crippen LogP contribution in [0.3, 0.4) is 0 Å². The second kappa shape index (κ2) is 9.85. The van der Waals surface area contributed by atoms with Crippen LogP contribution in [0.25, 0.3) is 44.3 Å². The summed E-state index contributed by atoms with van der Waals surface area (Å²) < 4.78 is 21.4. The van der Waals surface area contributed by atoms with E-state index < -0.39 is 5.82 Å². The molecular weight excluding hydrogens is 497 g/mol. The molecule has 6 rings (SSSR count). The van der Waals surface area contributed by atoms with E-state index in [-0.39, 0.29) is 17.9 Å². The first-order valence-corrected chi connectivity index (χ1v) is 12.1. The first-order valence-electron chi connectivity index (χ1n) is 11.7. The number of rotatable bonds is 5. The Bertz CT molecular complexity index is 1690. The van der Waals surface area contributed by atoms with Crippen molar-refractivity contribution in [2.75, 3.05) is 33.0 Å². The molecule has 0 bridgehead atoms. The SMILES string of the molecule is O=c1cc(-c2cc(-c3cc(Cl)ccc3F)nc3ncccc23)c2ccncc2n1OCN1CCOCC1. The van der Waals surface area contributed by atoms with E-state index in [1.54, 1.807) is 30.7 Å². The number of ether oxygens (including phenoxy) is 1. The lowest BCUT2D eigenvalue weighted by atomic mass is 9.97. The fourth-order valence-corrected chi connectivity index (χ4v) is 4.66. The molecule has 37 heavy (non-hydrogen) atoms. The monoisotopic (exact) mass is 517 g/mol. The average molecular weight is 518 g/mol. The van der Waals surface area contributed by atoms with Crippen LogP contribution in [-0.4, -0.2) is 57.6 Å². The topological polar surface area (TPSA) is 82.4 Å². The standard InChI is InChI=1S/C27H21ClFN5O3/c28-17-3-4-23(29)22(12-17)24-13-20(19-2-1-6-31-27(19)32-24)21-14-26(35)34(25-15-30-7-5-18(21)25)37-16-33-8-10-36-11-9-33/h1-7,12-15H,8-11,16H2. The minimum absolute atomic E-state index is 0.243. The van der Waals surface area contributed by atoms with E-state index in [4.69, 9.17) is 21.2 Å². The zero-order valence-electron chi connectivity index (χ0n) is 19.6. The number of hydrogen-bond donors (Lipinski definition) is 0. The Hall–Kier alpha value is -3.92. The predicted molar refractivity (Wildman–Crippen MR) is 139 cm³/mol. The van der Waals surface area contributed by atoms with E-state index in [0.717, 1.165) is 23.9 Å². The lowest BCUT2D eigenvalue weighted by Crippen LogP contribution is -2.42. The number of fused-ring (bicyclic) bond motifs is 2. The molecule has 0 amide bonds. The maximum atomic E-state index is 14.8. The van der Waals surface area contributed by atoms with Gasteiger partial charge in [0.05, 0.1) is 25.1 Å². The highest BCUT2D eigenvalue weighted by Crippen LogP contribution is 2.35. The molecule has 5 aromatic rings. The molecular formula is C27H21ClFN5O3. The van der Waals surface area contributed by atoms with Crippen molar-refractivity contribution in [2.45, 2.75) is 0 Å². The van der Waals surface area contributed by atoms with Crippen LogP contribution < -0.4 is 10.4 Å². The Morgan fingerprint density at radius 1 is 1.00 bits per heavy atom. The molecule has 0 aliphatic carbocycles. The molecule has 5 heterocycles. The molecule has 0 unspecified atom stereocenters. The summed E-state index contributed by atoms with van der Waals surface area (Å²) in [5.74, 6) is -0.459. The molecule has 0 saturated carbocycles. The largest absolute Gasteiger partial charge is 0.394 e. The lowest BCUT2D eigenvalue weighted by molar-refractivity contribution is -0.0366. The van der Waals surface area contributed by atoms with Crippen LogP contribution >= 0.6 is 11.6 Å². The summed E-state index contributed by atoms with van der Waals surface area (Å²) in [5, 5.41) is 1.85. The van der Waals surface area contributed by atoms with Crippen LogP contribution in [0.5, 0.6) is 0 Å². The highest BCUT2D eigenvalue weighted by Gasteiger charge is 2.19. The quantitative estimate of drug-likeness (QED) is 0.346. The zero-order chi connectivity index (χ0) is 25.4. The van der Waals surface area contributed by atoms with E-state index in [0.29, 0.717) is 46.2 Å². The molecule has 1 aliphatic heterocycles. The van der Waals surface area contributed by atoms with Gasteiger partial charge in [-0.1, -0.05) is 11.6 Å². The Morgan fingerprint density at radius 2 is 1.84 bits per heavy atom. The van der Waals surface area contributed by atoms with E-state index in [1.807, 2.05) is 12.1 Å². The molecule has 186 valence electrons. The van der Waals surface area contributed by atoms with E-state index in [1.165, 1.54) is 29.0 Å². The van der Waals surface area contributed by atoms with Crippen LogP contribution in [-0.2, 0) is 4.74 Å². The lowest BCUT2D eigenvalue weighted by Gasteiger charge is -2.26. The van der Waals surface area contributed by atoms with Crippen molar-refractivity contribution in [1.82, 2.24) is 24.6 Å². The van der Waals surface area contributed by atoms with Crippen molar-refractivity contribution in [1.29, 1.82) is 0 Å². The van der Waals surface area contributed by atoms with Crippen LogP contribution in [0, 0.1) is 5.82 Å². The van der Waals surface area contributed by atoms with Crippen LogP contribution in [0.1, 0.15) is 0 Å². The van der Waals surface area contributed by atoms with Crippen molar-refractivity contribution in [3.8, 4) is 22.4 Å². The van der Waals surface area contributed by atoms with E-state index in [2.05, 4.69) is 19.9 Å². The Kier molecular flexibility index (Phi) is 6.25. The maximum absolute atomic E-state index is 14.8. The second-order valence-corrected chi connectivity index (χ2v) is 9.06. The van der Waals surface area contributed by atoms with Gasteiger partial charge in [0, 0.05) is 52.9 Å². The molecule has 0 N–H and O–H groups in total. The Labute approximate surface area is 215 Å². The summed E-state index contributed by atoms with van der Waals surface area (Å²) in [6.45, 7) is 2.94. The third kappa shape index (κ3) is 4.53. The van der Waals surface area contributed by atoms with Gasteiger partial charge in [0.1, 0.15) is 11.3 Å². The van der Waals surface area contributed by atoms with Gasteiger partial charge in [0.2, 0.25) is 0 Å². The van der Waals surface area contributed by atoms with Crippen LogP contribution in [0.15, 0.2) is 71.9 Å². The van der Waals surface area contributed by atoms with E-state index in [9.17, 15) is 9.18 Å². The first-order chi connectivity index (χ1) is 18.1. The van der Waals surface area contributed by atoms with Gasteiger partial charge in [-0.05, 0) is 53.6 Å². The molecule has 1 aromatic carbocycles.